The number of pyridine rings is 1. The van der Waals surface area contributed by atoms with E-state index in [1.54, 1.807) is 16.8 Å². The van der Waals surface area contributed by atoms with Crippen LogP contribution in [0, 0.1) is 16.7 Å². The maximum atomic E-state index is 12.0. The second kappa shape index (κ2) is 11.2. The molecule has 0 aliphatic carbocycles. The zero-order chi connectivity index (χ0) is 29.3. The van der Waals surface area contributed by atoms with Gasteiger partial charge in [0.25, 0.3) is 0 Å². The van der Waals surface area contributed by atoms with Crippen molar-refractivity contribution in [1.29, 1.82) is 5.26 Å². The summed E-state index contributed by atoms with van der Waals surface area (Å²) in [6.07, 6.45) is 4.36. The van der Waals surface area contributed by atoms with Gasteiger partial charge in [0, 0.05) is 67.2 Å². The Morgan fingerprint density at radius 2 is 1.90 bits per heavy atom. The van der Waals surface area contributed by atoms with Gasteiger partial charge >= 0.3 is 0 Å². The molecule has 42 heavy (non-hydrogen) atoms. The van der Waals surface area contributed by atoms with Gasteiger partial charge in [-0.2, -0.15) is 14.9 Å². The highest BCUT2D eigenvalue weighted by Crippen LogP contribution is 2.35. The Labute approximate surface area is 243 Å². The molecule has 6 rings (SSSR count). The first-order valence-corrected chi connectivity index (χ1v) is 14.0. The fourth-order valence-electron chi connectivity index (χ4n) is 5.64. The van der Waals surface area contributed by atoms with Crippen LogP contribution in [0.1, 0.15) is 31.5 Å². The lowest BCUT2D eigenvalue weighted by Gasteiger charge is -2.45. The molecule has 216 valence electrons. The van der Waals surface area contributed by atoms with Crippen LogP contribution in [0.4, 0.5) is 17.5 Å². The summed E-state index contributed by atoms with van der Waals surface area (Å²) in [6, 6.07) is 11.5. The summed E-state index contributed by atoms with van der Waals surface area (Å²) in [5.74, 6) is 1.91. The van der Waals surface area contributed by atoms with Gasteiger partial charge in [-0.25, -0.2) is 9.97 Å². The van der Waals surface area contributed by atoms with Crippen LogP contribution in [0.25, 0.3) is 16.9 Å². The van der Waals surface area contributed by atoms with E-state index in [0.717, 1.165) is 55.5 Å². The predicted octanol–water partition coefficient (Wildman–Crippen LogP) is 2.03. The molecule has 0 radical (unpaired) electrons. The molecule has 2 aliphatic heterocycles. The van der Waals surface area contributed by atoms with Gasteiger partial charge in [0.15, 0.2) is 17.2 Å². The Kier molecular flexibility index (Phi) is 7.30. The average Bonchev–Trinajstić information content (AvgIpc) is 3.44. The Balaban J connectivity index is 1.27. The molecule has 0 unspecified atom stereocenters. The van der Waals surface area contributed by atoms with E-state index in [2.05, 4.69) is 49.1 Å². The van der Waals surface area contributed by atoms with Crippen molar-refractivity contribution in [2.75, 3.05) is 54.5 Å². The lowest BCUT2D eigenvalue weighted by atomic mass is 9.79. The van der Waals surface area contributed by atoms with Crippen LogP contribution in [-0.2, 0) is 16.0 Å². The molecule has 13 nitrogen and oxygen atoms in total. The lowest BCUT2D eigenvalue weighted by molar-refractivity contribution is -0.117. The number of nitriles is 1. The van der Waals surface area contributed by atoms with Crippen molar-refractivity contribution < 1.29 is 9.53 Å². The van der Waals surface area contributed by atoms with E-state index in [1.807, 2.05) is 36.5 Å². The van der Waals surface area contributed by atoms with E-state index in [-0.39, 0.29) is 17.9 Å². The third-order valence-corrected chi connectivity index (χ3v) is 7.93. The Hall–Kier alpha value is -4.83. The van der Waals surface area contributed by atoms with Gasteiger partial charge in [0.1, 0.15) is 17.7 Å². The number of anilines is 3. The fourth-order valence-corrected chi connectivity index (χ4v) is 5.64. The van der Waals surface area contributed by atoms with Crippen molar-refractivity contribution in [3.8, 4) is 17.3 Å². The Bertz CT molecular complexity index is 1620. The third-order valence-electron chi connectivity index (χ3n) is 7.93. The number of nitrogens with two attached hydrogens (primary N) is 1. The molecular weight excluding hydrogens is 534 g/mol. The summed E-state index contributed by atoms with van der Waals surface area (Å²) in [6.45, 7) is 8.88. The second-order valence-electron chi connectivity index (χ2n) is 11.4. The van der Waals surface area contributed by atoms with Gasteiger partial charge in [0.2, 0.25) is 5.91 Å². The number of nitrogens with one attached hydrogen (secondary N) is 1. The maximum Gasteiger partial charge on any atom is 0.222 e. The van der Waals surface area contributed by atoms with Gasteiger partial charge in [-0.05, 0) is 30.7 Å². The molecule has 2 saturated heterocycles. The molecule has 0 bridgehead atoms. The van der Waals surface area contributed by atoms with Gasteiger partial charge in [-0.15, -0.1) is 10.2 Å². The SMILES string of the molecule is CC1(C)CN(c2ccc(C#N)nn2)CC[C@H]1Nc1c(CC(N)=O)cnc2cc(-c3ccc(N4CCOCC4)nc3)nn12. The summed E-state index contributed by atoms with van der Waals surface area (Å²) in [7, 11) is 0. The predicted molar refractivity (Wildman–Crippen MR) is 157 cm³/mol. The lowest BCUT2D eigenvalue weighted by Crippen LogP contribution is -2.52. The summed E-state index contributed by atoms with van der Waals surface area (Å²) in [4.78, 5) is 25.6. The molecule has 0 aromatic carbocycles. The summed E-state index contributed by atoms with van der Waals surface area (Å²) >= 11 is 0. The highest BCUT2D eigenvalue weighted by atomic mass is 16.5. The third kappa shape index (κ3) is 5.53. The molecule has 4 aromatic heterocycles. The zero-order valence-electron chi connectivity index (χ0n) is 23.7. The molecule has 1 amide bonds. The molecule has 13 heteroatoms. The Morgan fingerprint density at radius 1 is 1.10 bits per heavy atom. The summed E-state index contributed by atoms with van der Waals surface area (Å²) in [5, 5.41) is 25.9. The topological polar surface area (TPSA) is 163 Å². The van der Waals surface area contributed by atoms with Crippen LogP contribution in [0.2, 0.25) is 0 Å². The molecule has 6 heterocycles. The molecule has 0 spiro atoms. The highest BCUT2D eigenvalue weighted by Gasteiger charge is 2.37. The molecule has 1 atom stereocenters. The first kappa shape index (κ1) is 27.3. The molecule has 0 saturated carbocycles. The van der Waals surface area contributed by atoms with Crippen molar-refractivity contribution in [3.63, 3.8) is 0 Å². The fraction of sp³-hybridized carbons (Fsp3) is 0.414. The smallest absolute Gasteiger partial charge is 0.222 e. The number of rotatable bonds is 7. The van der Waals surface area contributed by atoms with Crippen LogP contribution < -0.4 is 20.9 Å². The van der Waals surface area contributed by atoms with Crippen molar-refractivity contribution in [1.82, 2.24) is 29.8 Å². The maximum absolute atomic E-state index is 12.0. The largest absolute Gasteiger partial charge is 0.378 e. The molecule has 3 N–H and O–H groups in total. The quantitative estimate of drug-likeness (QED) is 0.336. The van der Waals surface area contributed by atoms with Crippen molar-refractivity contribution in [2.45, 2.75) is 32.7 Å². The van der Waals surface area contributed by atoms with E-state index >= 15 is 0 Å². The number of piperidine rings is 1. The molecule has 2 fully saturated rings. The van der Waals surface area contributed by atoms with E-state index < -0.39 is 5.91 Å². The molecular formula is C29H33N11O2. The first-order valence-electron chi connectivity index (χ1n) is 14.0. The normalized spacial score (nSPS) is 18.5. The number of amides is 1. The van der Waals surface area contributed by atoms with Crippen LogP contribution >= 0.6 is 0 Å². The van der Waals surface area contributed by atoms with Crippen LogP contribution in [0.15, 0.2) is 42.7 Å². The van der Waals surface area contributed by atoms with Crippen molar-refractivity contribution >= 4 is 29.0 Å². The van der Waals surface area contributed by atoms with Gasteiger partial charge in [0.05, 0.1) is 25.3 Å². The second-order valence-corrected chi connectivity index (χ2v) is 11.4. The van der Waals surface area contributed by atoms with Gasteiger partial charge in [-0.1, -0.05) is 13.8 Å². The minimum atomic E-state index is -0.442. The number of ether oxygens (including phenoxy) is 1. The number of nitrogens with zero attached hydrogens (tertiary/aromatic N) is 9. The van der Waals surface area contributed by atoms with E-state index in [9.17, 15) is 4.79 Å². The number of fused-ring (bicyclic) bond motifs is 1. The van der Waals surface area contributed by atoms with Crippen molar-refractivity contribution in [3.05, 3.63) is 54.0 Å². The number of hydrogen-bond acceptors (Lipinski definition) is 11. The van der Waals surface area contributed by atoms with E-state index in [4.69, 9.17) is 20.8 Å². The van der Waals surface area contributed by atoms with Crippen LogP contribution in [-0.4, -0.2) is 81.1 Å². The number of morpholine rings is 1. The van der Waals surface area contributed by atoms with Crippen LogP contribution in [0.5, 0.6) is 0 Å². The number of carbonyl (C=O) groups is 1. The standard InChI is InChI=1S/C29H33N11O2/c1-29(2)18-39(26-6-4-21(15-30)35-36-26)8-7-23(29)34-28-20(13-24(31)41)17-33-27-14-22(37-40(27)28)19-3-5-25(32-16-19)38-9-11-42-12-10-38/h3-6,14,16-17,23,34H,7-13,18H2,1-2H3,(H2,31,41)/t23-/m1/s1. The monoisotopic (exact) mass is 567 g/mol. The zero-order valence-corrected chi connectivity index (χ0v) is 23.7. The minimum absolute atomic E-state index is 0.0381. The molecule has 2 aliphatic rings. The minimum Gasteiger partial charge on any atom is -0.378 e. The number of primary amides is 1. The Morgan fingerprint density at radius 3 is 2.57 bits per heavy atom. The summed E-state index contributed by atoms with van der Waals surface area (Å²) < 4.78 is 7.21. The number of aromatic nitrogens is 6. The van der Waals surface area contributed by atoms with E-state index in [0.29, 0.717) is 35.9 Å². The number of hydrogen-bond donors (Lipinski definition) is 2. The highest BCUT2D eigenvalue weighted by molar-refractivity contribution is 5.79. The van der Waals surface area contributed by atoms with E-state index in [1.165, 1.54) is 0 Å². The average molecular weight is 568 g/mol. The van der Waals surface area contributed by atoms with Gasteiger partial charge in [-0.3, -0.25) is 4.79 Å². The molecule has 4 aromatic rings. The van der Waals surface area contributed by atoms with Gasteiger partial charge < -0.3 is 25.6 Å². The first-order chi connectivity index (χ1) is 20.3. The number of carbonyl (C=O) groups excluding carboxylic acids is 1. The van der Waals surface area contributed by atoms with Crippen molar-refractivity contribution in [2.24, 2.45) is 11.1 Å². The summed E-state index contributed by atoms with van der Waals surface area (Å²) in [5.41, 5.74) is 8.66. The van der Waals surface area contributed by atoms with Crippen LogP contribution in [0.3, 0.4) is 0 Å².